The smallest absolute Gasteiger partial charge is 0.225 e. The molecule has 1 heterocycles. The van der Waals surface area contributed by atoms with Gasteiger partial charge in [-0.2, -0.15) is 5.10 Å². The number of hydrogen-bond acceptors (Lipinski definition) is 5. The number of aryl methyl sites for hydroxylation is 1. The molecule has 0 fully saturated rings. The Kier molecular flexibility index (Phi) is 7.89. The van der Waals surface area contributed by atoms with Gasteiger partial charge in [-0.3, -0.25) is 4.79 Å². The molecule has 7 heteroatoms. The van der Waals surface area contributed by atoms with E-state index in [-0.39, 0.29) is 11.8 Å². The second-order valence-electron chi connectivity index (χ2n) is 7.81. The minimum atomic E-state index is -0.133. The second-order valence-corrected chi connectivity index (χ2v) is 7.81. The highest BCUT2D eigenvalue weighted by atomic mass is 16.5. The van der Waals surface area contributed by atoms with Crippen molar-refractivity contribution in [3.63, 3.8) is 0 Å². The summed E-state index contributed by atoms with van der Waals surface area (Å²) in [6.07, 6.45) is 0. The maximum absolute atomic E-state index is 12.9. The van der Waals surface area contributed by atoms with E-state index >= 15 is 0 Å². The van der Waals surface area contributed by atoms with Crippen LogP contribution < -0.4 is 9.47 Å². The van der Waals surface area contributed by atoms with Gasteiger partial charge >= 0.3 is 0 Å². The van der Waals surface area contributed by atoms with Gasteiger partial charge in [0.15, 0.2) is 0 Å². The number of aromatic nitrogens is 2. The van der Waals surface area contributed by atoms with Crippen LogP contribution in [-0.4, -0.2) is 48.0 Å². The monoisotopic (exact) mass is 437 g/mol. The quantitative estimate of drug-likeness (QED) is 0.467. The third-order valence-electron chi connectivity index (χ3n) is 5.11. The van der Waals surface area contributed by atoms with Crippen LogP contribution in [0.25, 0.3) is 11.3 Å². The highest BCUT2D eigenvalue weighted by Gasteiger charge is 2.25. The van der Waals surface area contributed by atoms with Gasteiger partial charge in [-0.05, 0) is 12.1 Å². The van der Waals surface area contributed by atoms with Gasteiger partial charge in [-0.1, -0.05) is 50.2 Å². The molecule has 0 saturated heterocycles. The third-order valence-corrected chi connectivity index (χ3v) is 5.11. The van der Waals surface area contributed by atoms with E-state index in [0.717, 1.165) is 16.8 Å². The SMILES string of the molecule is COCCN(Cc1c(-c2ccccc2)nn(C)c1Oc1cccc(OC)c1)C(=O)C(C)C. The molecular formula is C25H31N3O4. The maximum Gasteiger partial charge on any atom is 0.225 e. The Morgan fingerprint density at radius 1 is 1.06 bits per heavy atom. The fraction of sp³-hybridized carbons (Fsp3) is 0.360. The Bertz CT molecular complexity index is 1030. The average molecular weight is 438 g/mol. The highest BCUT2D eigenvalue weighted by Crippen LogP contribution is 2.35. The normalized spacial score (nSPS) is 10.9. The first-order valence-corrected chi connectivity index (χ1v) is 10.7. The van der Waals surface area contributed by atoms with E-state index in [1.54, 1.807) is 23.8 Å². The number of methoxy groups -OCH3 is 2. The molecule has 170 valence electrons. The Balaban J connectivity index is 2.06. The number of ether oxygens (including phenoxy) is 3. The lowest BCUT2D eigenvalue weighted by molar-refractivity contribution is -0.135. The Hall–Kier alpha value is -3.32. The zero-order valence-corrected chi connectivity index (χ0v) is 19.4. The largest absolute Gasteiger partial charge is 0.497 e. The van der Waals surface area contributed by atoms with Crippen molar-refractivity contribution < 1.29 is 19.0 Å². The van der Waals surface area contributed by atoms with Gasteiger partial charge in [0.05, 0.1) is 25.8 Å². The summed E-state index contributed by atoms with van der Waals surface area (Å²) in [4.78, 5) is 14.7. The van der Waals surface area contributed by atoms with E-state index < -0.39 is 0 Å². The van der Waals surface area contributed by atoms with E-state index in [1.807, 2.05) is 75.5 Å². The lowest BCUT2D eigenvalue weighted by Gasteiger charge is -2.25. The molecule has 2 aromatic carbocycles. The first-order valence-electron chi connectivity index (χ1n) is 10.7. The molecule has 1 amide bonds. The van der Waals surface area contributed by atoms with Crippen LogP contribution >= 0.6 is 0 Å². The number of carbonyl (C=O) groups is 1. The maximum atomic E-state index is 12.9. The van der Waals surface area contributed by atoms with Gasteiger partial charge in [0.25, 0.3) is 0 Å². The van der Waals surface area contributed by atoms with E-state index in [0.29, 0.717) is 37.1 Å². The summed E-state index contributed by atoms with van der Waals surface area (Å²) in [5.41, 5.74) is 2.58. The van der Waals surface area contributed by atoms with Gasteiger partial charge in [0.1, 0.15) is 17.2 Å². The van der Waals surface area contributed by atoms with Gasteiger partial charge in [-0.15, -0.1) is 0 Å². The molecule has 3 rings (SSSR count). The zero-order chi connectivity index (χ0) is 23.1. The van der Waals surface area contributed by atoms with Crippen molar-refractivity contribution in [3.8, 4) is 28.6 Å². The lowest BCUT2D eigenvalue weighted by Crippen LogP contribution is -2.36. The molecule has 0 aliphatic carbocycles. The standard InChI is InChI=1S/C25H31N3O4/c1-18(2)24(29)28(14-15-30-4)17-22-23(19-10-7-6-8-11-19)26-27(3)25(22)32-21-13-9-12-20(16-21)31-5/h6-13,16,18H,14-15,17H2,1-5H3. The molecule has 0 N–H and O–H groups in total. The van der Waals surface area contributed by atoms with Crippen molar-refractivity contribution in [1.29, 1.82) is 0 Å². The zero-order valence-electron chi connectivity index (χ0n) is 19.4. The first kappa shape index (κ1) is 23.3. The van der Waals surface area contributed by atoms with Crippen LogP contribution in [0.15, 0.2) is 54.6 Å². The third kappa shape index (κ3) is 5.48. The number of carbonyl (C=O) groups excluding carboxylic acids is 1. The number of nitrogens with zero attached hydrogens (tertiary/aromatic N) is 3. The van der Waals surface area contributed by atoms with Crippen molar-refractivity contribution >= 4 is 5.91 Å². The van der Waals surface area contributed by atoms with E-state index in [2.05, 4.69) is 0 Å². The fourth-order valence-electron chi connectivity index (χ4n) is 3.45. The molecule has 1 aromatic heterocycles. The predicted molar refractivity (Wildman–Crippen MR) is 124 cm³/mol. The van der Waals surface area contributed by atoms with Crippen molar-refractivity contribution in [3.05, 3.63) is 60.2 Å². The molecule has 0 bridgehead atoms. The van der Waals surface area contributed by atoms with E-state index in [9.17, 15) is 4.79 Å². The first-order chi connectivity index (χ1) is 15.4. The van der Waals surface area contributed by atoms with Crippen molar-refractivity contribution in [2.45, 2.75) is 20.4 Å². The van der Waals surface area contributed by atoms with Gasteiger partial charge < -0.3 is 19.1 Å². The van der Waals surface area contributed by atoms with Gasteiger partial charge in [0, 0.05) is 38.2 Å². The topological polar surface area (TPSA) is 65.8 Å². The van der Waals surface area contributed by atoms with Crippen LogP contribution in [0.2, 0.25) is 0 Å². The summed E-state index contributed by atoms with van der Waals surface area (Å²) in [5.74, 6) is 1.83. The Morgan fingerprint density at radius 2 is 1.78 bits per heavy atom. The molecule has 32 heavy (non-hydrogen) atoms. The van der Waals surface area contributed by atoms with E-state index in [4.69, 9.17) is 19.3 Å². The molecule has 0 radical (unpaired) electrons. The van der Waals surface area contributed by atoms with Crippen LogP contribution in [0, 0.1) is 5.92 Å². The molecule has 0 atom stereocenters. The minimum absolute atomic E-state index is 0.0530. The lowest BCUT2D eigenvalue weighted by atomic mass is 10.1. The molecule has 7 nitrogen and oxygen atoms in total. The van der Waals surface area contributed by atoms with Gasteiger partial charge in [0.2, 0.25) is 11.8 Å². The fourth-order valence-corrected chi connectivity index (χ4v) is 3.45. The van der Waals surface area contributed by atoms with Crippen LogP contribution in [0.3, 0.4) is 0 Å². The number of benzene rings is 2. The number of rotatable bonds is 10. The van der Waals surface area contributed by atoms with Crippen LogP contribution in [0.1, 0.15) is 19.4 Å². The molecule has 0 spiro atoms. The number of hydrogen-bond donors (Lipinski definition) is 0. The minimum Gasteiger partial charge on any atom is -0.497 e. The molecule has 0 aliphatic rings. The summed E-state index contributed by atoms with van der Waals surface area (Å²) in [5, 5.41) is 4.75. The van der Waals surface area contributed by atoms with Crippen LogP contribution in [0.5, 0.6) is 17.4 Å². The average Bonchev–Trinajstić information content (AvgIpc) is 3.11. The summed E-state index contributed by atoms with van der Waals surface area (Å²) in [6.45, 7) is 5.09. The highest BCUT2D eigenvalue weighted by molar-refractivity contribution is 5.78. The van der Waals surface area contributed by atoms with E-state index in [1.165, 1.54) is 0 Å². The summed E-state index contributed by atoms with van der Waals surface area (Å²) >= 11 is 0. The molecular weight excluding hydrogens is 406 g/mol. The van der Waals surface area contributed by atoms with Crippen molar-refractivity contribution in [2.75, 3.05) is 27.4 Å². The molecule has 0 aliphatic heterocycles. The Labute approximate surface area is 189 Å². The molecule has 0 saturated carbocycles. The van der Waals surface area contributed by atoms with Crippen molar-refractivity contribution in [1.82, 2.24) is 14.7 Å². The van der Waals surface area contributed by atoms with Gasteiger partial charge in [-0.25, -0.2) is 4.68 Å². The number of amides is 1. The van der Waals surface area contributed by atoms with Crippen molar-refractivity contribution in [2.24, 2.45) is 13.0 Å². The van der Waals surface area contributed by atoms with Crippen LogP contribution in [0.4, 0.5) is 0 Å². The summed E-state index contributed by atoms with van der Waals surface area (Å²) in [7, 11) is 5.09. The molecule has 3 aromatic rings. The Morgan fingerprint density at radius 3 is 2.44 bits per heavy atom. The summed E-state index contributed by atoms with van der Waals surface area (Å²) < 4.78 is 18.6. The summed E-state index contributed by atoms with van der Waals surface area (Å²) in [6, 6.07) is 17.3. The van der Waals surface area contributed by atoms with Crippen LogP contribution in [-0.2, 0) is 23.1 Å². The second kappa shape index (κ2) is 10.8. The predicted octanol–water partition coefficient (Wildman–Crippen LogP) is 4.52. The molecule has 0 unspecified atom stereocenters.